The number of hydrogen-bond acceptors (Lipinski definition) is 3. The number of benzene rings is 1. The topological polar surface area (TPSA) is 53.3 Å². The van der Waals surface area contributed by atoms with E-state index < -0.39 is 0 Å². The van der Waals surface area contributed by atoms with Crippen molar-refractivity contribution in [1.29, 1.82) is 5.41 Å². The summed E-state index contributed by atoms with van der Waals surface area (Å²) < 4.78 is 4.82. The van der Waals surface area contributed by atoms with E-state index >= 15 is 0 Å². The predicted octanol–water partition coefficient (Wildman–Crippen LogP) is 1.40. The highest BCUT2D eigenvalue weighted by Gasteiger charge is 1.99. The lowest BCUT2D eigenvalue weighted by atomic mass is 10.2. The largest absolute Gasteiger partial charge is 0.504 e. The summed E-state index contributed by atoms with van der Waals surface area (Å²) in [7, 11) is 1.49. The molecule has 58 valence electrons. The first-order valence-electron chi connectivity index (χ1n) is 3.15. The van der Waals surface area contributed by atoms with E-state index in [2.05, 4.69) is 0 Å². The molecule has 2 N–H and O–H groups in total. The first kappa shape index (κ1) is 7.60. The van der Waals surface area contributed by atoms with E-state index in [0.717, 1.165) is 0 Å². The zero-order valence-corrected chi connectivity index (χ0v) is 6.16. The minimum absolute atomic E-state index is 0.0634. The van der Waals surface area contributed by atoms with Gasteiger partial charge in [0.2, 0.25) is 0 Å². The van der Waals surface area contributed by atoms with Gasteiger partial charge in [0.1, 0.15) is 0 Å². The Kier molecular flexibility index (Phi) is 2.11. The van der Waals surface area contributed by atoms with Crippen molar-refractivity contribution >= 4 is 6.21 Å². The summed E-state index contributed by atoms with van der Waals surface area (Å²) in [4.78, 5) is 0. The summed E-state index contributed by atoms with van der Waals surface area (Å²) >= 11 is 0. The van der Waals surface area contributed by atoms with E-state index in [0.29, 0.717) is 11.3 Å². The third-order valence-electron chi connectivity index (χ3n) is 1.37. The van der Waals surface area contributed by atoms with Gasteiger partial charge in [0.25, 0.3) is 0 Å². The second kappa shape index (κ2) is 3.05. The number of ether oxygens (including phenoxy) is 1. The zero-order chi connectivity index (χ0) is 8.27. The van der Waals surface area contributed by atoms with Gasteiger partial charge >= 0.3 is 0 Å². The van der Waals surface area contributed by atoms with Crippen LogP contribution in [0, 0.1) is 5.41 Å². The highest BCUT2D eigenvalue weighted by molar-refractivity contribution is 5.78. The fraction of sp³-hybridized carbons (Fsp3) is 0.125. The summed E-state index contributed by atoms with van der Waals surface area (Å²) in [5.41, 5.74) is 0.656. The van der Waals surface area contributed by atoms with Crippen LogP contribution in [0.4, 0.5) is 0 Å². The van der Waals surface area contributed by atoms with Gasteiger partial charge in [0.15, 0.2) is 11.5 Å². The molecule has 0 unspecified atom stereocenters. The van der Waals surface area contributed by atoms with Crippen LogP contribution in [-0.2, 0) is 0 Å². The van der Waals surface area contributed by atoms with Gasteiger partial charge in [-0.25, -0.2) is 0 Å². The van der Waals surface area contributed by atoms with E-state index in [-0.39, 0.29) is 5.75 Å². The summed E-state index contributed by atoms with van der Waals surface area (Å²) in [6, 6.07) is 4.80. The molecule has 1 rings (SSSR count). The molecule has 0 atom stereocenters. The van der Waals surface area contributed by atoms with Crippen LogP contribution in [0.1, 0.15) is 5.56 Å². The molecule has 0 heterocycles. The molecular formula is C8H9NO2. The summed E-state index contributed by atoms with van der Waals surface area (Å²) in [5, 5.41) is 16.1. The van der Waals surface area contributed by atoms with Crippen LogP contribution in [0.25, 0.3) is 0 Å². The maximum absolute atomic E-state index is 9.19. The summed E-state index contributed by atoms with van der Waals surface area (Å²) in [5.74, 6) is 0.490. The Morgan fingerprint density at radius 1 is 1.55 bits per heavy atom. The van der Waals surface area contributed by atoms with Crippen molar-refractivity contribution in [2.24, 2.45) is 0 Å². The quantitative estimate of drug-likeness (QED) is 0.627. The molecular weight excluding hydrogens is 142 g/mol. The Labute approximate surface area is 64.8 Å². The predicted molar refractivity (Wildman–Crippen MR) is 42.5 cm³/mol. The summed E-state index contributed by atoms with van der Waals surface area (Å²) in [6.45, 7) is 0. The maximum Gasteiger partial charge on any atom is 0.160 e. The van der Waals surface area contributed by atoms with Crippen molar-refractivity contribution in [2.45, 2.75) is 0 Å². The molecule has 0 saturated carbocycles. The van der Waals surface area contributed by atoms with Crippen LogP contribution in [0.3, 0.4) is 0 Å². The van der Waals surface area contributed by atoms with Crippen molar-refractivity contribution in [2.75, 3.05) is 7.11 Å². The van der Waals surface area contributed by atoms with Crippen molar-refractivity contribution < 1.29 is 9.84 Å². The van der Waals surface area contributed by atoms with Gasteiger partial charge in [0, 0.05) is 6.21 Å². The van der Waals surface area contributed by atoms with Gasteiger partial charge in [0.05, 0.1) is 7.11 Å². The van der Waals surface area contributed by atoms with Crippen molar-refractivity contribution in [3.63, 3.8) is 0 Å². The normalized spacial score (nSPS) is 9.18. The maximum atomic E-state index is 9.19. The lowest BCUT2D eigenvalue weighted by Crippen LogP contribution is -1.85. The van der Waals surface area contributed by atoms with E-state index in [9.17, 15) is 5.11 Å². The first-order valence-corrected chi connectivity index (χ1v) is 3.15. The van der Waals surface area contributed by atoms with Gasteiger partial charge in [-0.05, 0) is 23.8 Å². The van der Waals surface area contributed by atoms with Crippen LogP contribution in [-0.4, -0.2) is 18.4 Å². The molecule has 11 heavy (non-hydrogen) atoms. The number of phenols is 1. The molecule has 3 heteroatoms. The number of nitrogens with one attached hydrogen (secondary N) is 1. The average molecular weight is 151 g/mol. The average Bonchev–Trinajstić information content (AvgIpc) is 2.04. The van der Waals surface area contributed by atoms with E-state index in [1.54, 1.807) is 12.1 Å². The molecule has 1 aromatic rings. The Morgan fingerprint density at radius 3 is 2.73 bits per heavy atom. The van der Waals surface area contributed by atoms with Crippen molar-refractivity contribution in [1.82, 2.24) is 0 Å². The molecule has 3 nitrogen and oxygen atoms in total. The second-order valence-corrected chi connectivity index (χ2v) is 2.08. The lowest BCUT2D eigenvalue weighted by molar-refractivity contribution is 0.373. The second-order valence-electron chi connectivity index (χ2n) is 2.08. The van der Waals surface area contributed by atoms with Crippen LogP contribution < -0.4 is 4.74 Å². The molecule has 0 fully saturated rings. The fourth-order valence-corrected chi connectivity index (χ4v) is 0.797. The molecule has 0 aliphatic rings. The van der Waals surface area contributed by atoms with Crippen molar-refractivity contribution in [3.05, 3.63) is 23.8 Å². The molecule has 1 aromatic carbocycles. The van der Waals surface area contributed by atoms with Gasteiger partial charge < -0.3 is 15.3 Å². The van der Waals surface area contributed by atoms with Gasteiger partial charge in [-0.15, -0.1) is 0 Å². The number of rotatable bonds is 2. The molecule has 0 bridgehead atoms. The van der Waals surface area contributed by atoms with Gasteiger partial charge in [-0.2, -0.15) is 0 Å². The smallest absolute Gasteiger partial charge is 0.160 e. The highest BCUT2D eigenvalue weighted by atomic mass is 16.5. The van der Waals surface area contributed by atoms with Crippen LogP contribution in [0.5, 0.6) is 11.5 Å². The Balaban J connectivity index is 3.09. The third-order valence-corrected chi connectivity index (χ3v) is 1.37. The van der Waals surface area contributed by atoms with Gasteiger partial charge in [-0.3, -0.25) is 0 Å². The number of phenolic OH excluding ortho intramolecular Hbond substituents is 1. The number of aromatic hydroxyl groups is 1. The van der Waals surface area contributed by atoms with Crippen molar-refractivity contribution in [3.8, 4) is 11.5 Å². The van der Waals surface area contributed by atoms with Crippen LogP contribution >= 0.6 is 0 Å². The van der Waals surface area contributed by atoms with E-state index in [1.807, 2.05) is 0 Å². The zero-order valence-electron chi connectivity index (χ0n) is 6.16. The van der Waals surface area contributed by atoms with E-state index in [1.165, 1.54) is 19.4 Å². The fourth-order valence-electron chi connectivity index (χ4n) is 0.797. The number of hydrogen-bond donors (Lipinski definition) is 2. The molecule has 0 radical (unpaired) electrons. The molecule has 0 aliphatic carbocycles. The molecule has 0 aromatic heterocycles. The highest BCUT2D eigenvalue weighted by Crippen LogP contribution is 2.25. The Morgan fingerprint density at radius 2 is 2.27 bits per heavy atom. The minimum atomic E-state index is 0.0634. The minimum Gasteiger partial charge on any atom is -0.504 e. The monoisotopic (exact) mass is 151 g/mol. The molecule has 0 saturated heterocycles. The SMILES string of the molecule is COc1ccc(C=N)cc1O. The standard InChI is InChI=1S/C8H9NO2/c1-11-8-3-2-6(5-9)4-7(8)10/h2-5,9-10H,1H3. The van der Waals surface area contributed by atoms with Crippen LogP contribution in [0.15, 0.2) is 18.2 Å². The summed E-state index contributed by atoms with van der Waals surface area (Å²) in [6.07, 6.45) is 1.17. The first-order chi connectivity index (χ1) is 5.27. The molecule has 0 aliphatic heterocycles. The molecule has 0 amide bonds. The van der Waals surface area contributed by atoms with Crippen LogP contribution in [0.2, 0.25) is 0 Å². The molecule has 0 spiro atoms. The third kappa shape index (κ3) is 1.49. The number of methoxy groups -OCH3 is 1. The van der Waals surface area contributed by atoms with E-state index in [4.69, 9.17) is 10.1 Å². The van der Waals surface area contributed by atoms with Gasteiger partial charge in [-0.1, -0.05) is 0 Å². The Bertz CT molecular complexity index is 271. The Hall–Kier alpha value is -1.51. The lowest BCUT2D eigenvalue weighted by Gasteiger charge is -2.02.